The largest absolute Gasteiger partial charge is 0.406 e. The summed E-state index contributed by atoms with van der Waals surface area (Å²) in [6.07, 6.45) is 0. The molecule has 0 aliphatic carbocycles. The van der Waals surface area contributed by atoms with E-state index < -0.39 is 0 Å². The van der Waals surface area contributed by atoms with E-state index in [9.17, 15) is 0 Å². The molecule has 0 aliphatic rings. The number of anilines is 1. The third-order valence-corrected chi connectivity index (χ3v) is 2.60. The Morgan fingerprint density at radius 3 is 2.69 bits per heavy atom. The maximum Gasteiger partial charge on any atom is 0.318 e. The molecule has 92 valence electrons. The third kappa shape index (κ3) is 2.93. The van der Waals surface area contributed by atoms with Gasteiger partial charge in [-0.15, -0.1) is 5.10 Å². The first kappa shape index (κ1) is 12.9. The molecule has 0 aliphatic heterocycles. The van der Waals surface area contributed by atoms with Crippen LogP contribution in [0.3, 0.4) is 0 Å². The molecule has 0 bridgehead atoms. The maximum atomic E-state index is 5.55. The molecule has 0 amide bonds. The SMILES string of the molecule is CNC(C)c1nnc(N(C)C(C)COC)o1. The lowest BCUT2D eigenvalue weighted by molar-refractivity contribution is 0.181. The highest BCUT2D eigenvalue weighted by Gasteiger charge is 2.18. The summed E-state index contributed by atoms with van der Waals surface area (Å²) in [5, 5.41) is 11.0. The Morgan fingerprint density at radius 1 is 1.44 bits per heavy atom. The van der Waals surface area contributed by atoms with E-state index in [1.165, 1.54) is 0 Å². The second-order valence-corrected chi connectivity index (χ2v) is 3.85. The van der Waals surface area contributed by atoms with E-state index >= 15 is 0 Å². The molecule has 2 atom stereocenters. The number of hydrogen-bond donors (Lipinski definition) is 1. The van der Waals surface area contributed by atoms with Crippen molar-refractivity contribution in [3.63, 3.8) is 0 Å². The van der Waals surface area contributed by atoms with Gasteiger partial charge in [0.2, 0.25) is 5.89 Å². The van der Waals surface area contributed by atoms with Crippen molar-refractivity contribution in [1.29, 1.82) is 0 Å². The first-order valence-corrected chi connectivity index (χ1v) is 5.32. The van der Waals surface area contributed by atoms with Gasteiger partial charge in [0.25, 0.3) is 0 Å². The van der Waals surface area contributed by atoms with Crippen LogP contribution in [0, 0.1) is 0 Å². The highest BCUT2D eigenvalue weighted by molar-refractivity contribution is 5.24. The zero-order chi connectivity index (χ0) is 12.1. The van der Waals surface area contributed by atoms with Crippen molar-refractivity contribution in [2.75, 3.05) is 32.7 Å². The molecule has 0 radical (unpaired) electrons. The highest BCUT2D eigenvalue weighted by Crippen LogP contribution is 2.17. The molecule has 1 aromatic rings. The van der Waals surface area contributed by atoms with Crippen molar-refractivity contribution in [1.82, 2.24) is 15.5 Å². The number of hydrogen-bond acceptors (Lipinski definition) is 6. The van der Waals surface area contributed by atoms with Gasteiger partial charge < -0.3 is 19.4 Å². The van der Waals surface area contributed by atoms with Crippen LogP contribution in [0.5, 0.6) is 0 Å². The summed E-state index contributed by atoms with van der Waals surface area (Å²) in [6.45, 7) is 4.63. The average Bonchev–Trinajstić information content (AvgIpc) is 2.76. The molecule has 2 unspecified atom stereocenters. The number of ether oxygens (including phenoxy) is 1. The summed E-state index contributed by atoms with van der Waals surface area (Å²) in [4.78, 5) is 1.91. The molecule has 6 nitrogen and oxygen atoms in total. The van der Waals surface area contributed by atoms with Crippen LogP contribution >= 0.6 is 0 Å². The predicted octanol–water partition coefficient (Wildman–Crippen LogP) is 0.821. The highest BCUT2D eigenvalue weighted by atomic mass is 16.5. The van der Waals surface area contributed by atoms with Crippen LogP contribution < -0.4 is 10.2 Å². The van der Waals surface area contributed by atoms with E-state index in [1.54, 1.807) is 7.11 Å². The van der Waals surface area contributed by atoms with Gasteiger partial charge >= 0.3 is 6.01 Å². The Balaban J connectivity index is 2.69. The fourth-order valence-electron chi connectivity index (χ4n) is 1.21. The zero-order valence-corrected chi connectivity index (χ0v) is 10.5. The standard InChI is InChI=1S/C10H20N4O2/c1-7(6-15-5)14(4)10-13-12-9(16-10)8(2)11-3/h7-8,11H,6H2,1-5H3. The second-order valence-electron chi connectivity index (χ2n) is 3.85. The molecule has 0 spiro atoms. The Kier molecular flexibility index (Phi) is 4.70. The summed E-state index contributed by atoms with van der Waals surface area (Å²) in [5.74, 6) is 0.592. The van der Waals surface area contributed by atoms with Crippen molar-refractivity contribution < 1.29 is 9.15 Å². The molecular weight excluding hydrogens is 208 g/mol. The minimum atomic E-state index is 0.0624. The fraction of sp³-hybridized carbons (Fsp3) is 0.800. The van der Waals surface area contributed by atoms with Gasteiger partial charge in [-0.2, -0.15) is 0 Å². The van der Waals surface area contributed by atoms with E-state index in [0.29, 0.717) is 18.5 Å². The Bertz CT molecular complexity index is 316. The molecular formula is C10H20N4O2. The number of rotatable bonds is 6. The van der Waals surface area contributed by atoms with Gasteiger partial charge in [-0.25, -0.2) is 0 Å². The zero-order valence-electron chi connectivity index (χ0n) is 10.5. The van der Waals surface area contributed by atoms with Gasteiger partial charge in [0.05, 0.1) is 18.7 Å². The first-order chi connectivity index (χ1) is 7.60. The van der Waals surface area contributed by atoms with E-state index in [1.807, 2.05) is 32.8 Å². The molecule has 0 saturated heterocycles. The van der Waals surface area contributed by atoms with Crippen molar-refractivity contribution in [2.45, 2.75) is 25.9 Å². The van der Waals surface area contributed by atoms with Gasteiger partial charge in [0.1, 0.15) is 0 Å². The van der Waals surface area contributed by atoms with Crippen LogP contribution in [-0.2, 0) is 4.74 Å². The number of nitrogens with one attached hydrogen (secondary N) is 1. The molecule has 0 saturated carbocycles. The lowest BCUT2D eigenvalue weighted by Crippen LogP contribution is -2.32. The maximum absolute atomic E-state index is 5.55. The van der Waals surface area contributed by atoms with E-state index in [2.05, 4.69) is 15.5 Å². The fourth-order valence-corrected chi connectivity index (χ4v) is 1.21. The van der Waals surface area contributed by atoms with Crippen molar-refractivity contribution in [3.8, 4) is 0 Å². The normalized spacial score (nSPS) is 14.8. The van der Waals surface area contributed by atoms with Crippen LogP contribution in [-0.4, -0.2) is 44.1 Å². The van der Waals surface area contributed by atoms with Crippen LogP contribution in [0.2, 0.25) is 0 Å². The Morgan fingerprint density at radius 2 is 2.12 bits per heavy atom. The number of nitrogens with zero attached hydrogens (tertiary/aromatic N) is 3. The van der Waals surface area contributed by atoms with Gasteiger partial charge in [-0.1, -0.05) is 5.10 Å². The minimum Gasteiger partial charge on any atom is -0.406 e. The summed E-state index contributed by atoms with van der Waals surface area (Å²) in [6, 6.07) is 0.775. The quantitative estimate of drug-likeness (QED) is 0.777. The summed E-state index contributed by atoms with van der Waals surface area (Å²) in [7, 11) is 5.43. The van der Waals surface area contributed by atoms with Crippen molar-refractivity contribution in [3.05, 3.63) is 5.89 Å². The molecule has 1 N–H and O–H groups in total. The van der Waals surface area contributed by atoms with E-state index in [4.69, 9.17) is 9.15 Å². The third-order valence-electron chi connectivity index (χ3n) is 2.60. The lowest BCUT2D eigenvalue weighted by atomic mass is 10.3. The van der Waals surface area contributed by atoms with Crippen molar-refractivity contribution >= 4 is 6.01 Å². The lowest BCUT2D eigenvalue weighted by Gasteiger charge is -2.21. The Labute approximate surface area is 96.0 Å². The first-order valence-electron chi connectivity index (χ1n) is 5.32. The van der Waals surface area contributed by atoms with Crippen LogP contribution in [0.1, 0.15) is 25.8 Å². The average molecular weight is 228 g/mol. The van der Waals surface area contributed by atoms with Gasteiger partial charge in [0, 0.05) is 14.2 Å². The van der Waals surface area contributed by atoms with Crippen LogP contribution in [0.15, 0.2) is 4.42 Å². The Hall–Kier alpha value is -1.14. The number of methoxy groups -OCH3 is 1. The smallest absolute Gasteiger partial charge is 0.318 e. The molecule has 16 heavy (non-hydrogen) atoms. The number of aromatic nitrogens is 2. The van der Waals surface area contributed by atoms with Gasteiger partial charge in [-0.3, -0.25) is 0 Å². The predicted molar refractivity (Wildman–Crippen MR) is 61.5 cm³/mol. The van der Waals surface area contributed by atoms with Crippen molar-refractivity contribution in [2.24, 2.45) is 0 Å². The molecule has 1 rings (SSSR count). The van der Waals surface area contributed by atoms with E-state index in [0.717, 1.165) is 0 Å². The van der Waals surface area contributed by atoms with Crippen LogP contribution in [0.25, 0.3) is 0 Å². The van der Waals surface area contributed by atoms with Crippen LogP contribution in [0.4, 0.5) is 6.01 Å². The summed E-state index contributed by atoms with van der Waals surface area (Å²) >= 11 is 0. The summed E-state index contributed by atoms with van der Waals surface area (Å²) in [5.41, 5.74) is 0. The number of likely N-dealkylation sites (N-methyl/N-ethyl adjacent to an activating group) is 1. The molecule has 0 fully saturated rings. The minimum absolute atomic E-state index is 0.0624. The molecule has 6 heteroatoms. The molecule has 0 aromatic carbocycles. The molecule has 1 heterocycles. The van der Waals surface area contributed by atoms with E-state index in [-0.39, 0.29) is 12.1 Å². The summed E-state index contributed by atoms with van der Waals surface area (Å²) < 4.78 is 10.6. The topological polar surface area (TPSA) is 63.4 Å². The van der Waals surface area contributed by atoms with Gasteiger partial charge in [0.15, 0.2) is 0 Å². The molecule has 1 aromatic heterocycles. The monoisotopic (exact) mass is 228 g/mol. The second kappa shape index (κ2) is 5.81. The van der Waals surface area contributed by atoms with Gasteiger partial charge in [-0.05, 0) is 20.9 Å².